The number of benzene rings is 2. The molecule has 0 aliphatic heterocycles. The number of nitrogens with one attached hydrogen (secondary N) is 3. The van der Waals surface area contributed by atoms with Crippen LogP contribution in [0.4, 0.5) is 11.4 Å². The molecule has 7 nitrogen and oxygen atoms in total. The van der Waals surface area contributed by atoms with Crippen molar-refractivity contribution in [1.82, 2.24) is 5.32 Å². The molecule has 0 aliphatic rings. The molecule has 0 radical (unpaired) electrons. The Balaban J connectivity index is 1.90. The molecule has 0 fully saturated rings. The molecule has 0 aliphatic carbocycles. The van der Waals surface area contributed by atoms with E-state index in [0.717, 1.165) is 0 Å². The topological polar surface area (TPSA) is 113 Å². The molecular weight excluding hydrogens is 320 g/mol. The molecule has 0 saturated heterocycles. The largest absolute Gasteiger partial charge is 0.376 e. The first-order chi connectivity index (χ1) is 12.0. The molecule has 0 aromatic heterocycles. The minimum Gasteiger partial charge on any atom is -0.376 e. The normalized spacial score (nSPS) is 9.96. The predicted molar refractivity (Wildman–Crippen MR) is 96.5 cm³/mol. The fraction of sp³-hybridized carbons (Fsp3) is 0.167. The number of hydrogen-bond donors (Lipinski definition) is 4. The number of primary amides is 1. The van der Waals surface area contributed by atoms with Crippen molar-refractivity contribution < 1.29 is 14.4 Å². The molecule has 2 rings (SSSR count). The maximum absolute atomic E-state index is 12.0. The summed E-state index contributed by atoms with van der Waals surface area (Å²) in [7, 11) is 0. The lowest BCUT2D eigenvalue weighted by atomic mass is 10.2. The van der Waals surface area contributed by atoms with E-state index in [0.29, 0.717) is 29.0 Å². The Hall–Kier alpha value is -3.35. The van der Waals surface area contributed by atoms with Gasteiger partial charge in [0.2, 0.25) is 11.8 Å². The Labute approximate surface area is 145 Å². The van der Waals surface area contributed by atoms with Crippen molar-refractivity contribution in [1.29, 1.82) is 0 Å². The van der Waals surface area contributed by atoms with Gasteiger partial charge in [0.15, 0.2) is 0 Å². The minimum atomic E-state index is -0.503. The number of amides is 3. The van der Waals surface area contributed by atoms with Crippen LogP contribution in [0.2, 0.25) is 0 Å². The average molecular weight is 340 g/mol. The number of anilines is 2. The summed E-state index contributed by atoms with van der Waals surface area (Å²) in [5.41, 5.74) is 7.29. The Kier molecular flexibility index (Phi) is 6.11. The first-order valence-electron chi connectivity index (χ1n) is 7.81. The second-order valence-corrected chi connectivity index (χ2v) is 5.28. The van der Waals surface area contributed by atoms with Crippen LogP contribution < -0.4 is 21.7 Å². The van der Waals surface area contributed by atoms with E-state index >= 15 is 0 Å². The number of carbonyl (C=O) groups is 3. The fourth-order valence-electron chi connectivity index (χ4n) is 2.14. The van der Waals surface area contributed by atoms with E-state index in [2.05, 4.69) is 16.0 Å². The number of rotatable bonds is 7. The zero-order valence-electron chi connectivity index (χ0n) is 13.8. The lowest BCUT2D eigenvalue weighted by Gasteiger charge is -2.09. The highest BCUT2D eigenvalue weighted by atomic mass is 16.2. The van der Waals surface area contributed by atoms with E-state index in [4.69, 9.17) is 5.73 Å². The van der Waals surface area contributed by atoms with Crippen LogP contribution in [0.25, 0.3) is 0 Å². The average Bonchev–Trinajstić information content (AvgIpc) is 2.61. The van der Waals surface area contributed by atoms with Gasteiger partial charge in [-0.05, 0) is 49.4 Å². The van der Waals surface area contributed by atoms with Gasteiger partial charge in [-0.15, -0.1) is 0 Å². The second kappa shape index (κ2) is 8.49. The van der Waals surface area contributed by atoms with Gasteiger partial charge in [0, 0.05) is 29.0 Å². The SMILES string of the molecule is CCNC(=O)c1cccc(NC(=O)CNc2ccc(C(N)=O)cc2)c1. The summed E-state index contributed by atoms with van der Waals surface area (Å²) in [5, 5.41) is 8.37. The summed E-state index contributed by atoms with van der Waals surface area (Å²) in [6, 6.07) is 13.2. The van der Waals surface area contributed by atoms with Crippen LogP contribution >= 0.6 is 0 Å². The first kappa shape index (κ1) is 18.0. The van der Waals surface area contributed by atoms with Gasteiger partial charge in [0.25, 0.3) is 5.91 Å². The van der Waals surface area contributed by atoms with Gasteiger partial charge in [-0.2, -0.15) is 0 Å². The third-order valence-electron chi connectivity index (χ3n) is 3.37. The summed E-state index contributed by atoms with van der Waals surface area (Å²) in [6.45, 7) is 2.42. The van der Waals surface area contributed by atoms with Crippen LogP contribution in [-0.2, 0) is 4.79 Å². The van der Waals surface area contributed by atoms with E-state index in [-0.39, 0.29) is 18.4 Å². The van der Waals surface area contributed by atoms with Gasteiger partial charge < -0.3 is 21.7 Å². The number of nitrogens with two attached hydrogens (primary N) is 1. The monoisotopic (exact) mass is 340 g/mol. The summed E-state index contributed by atoms with van der Waals surface area (Å²) < 4.78 is 0. The van der Waals surface area contributed by atoms with Crippen LogP contribution in [-0.4, -0.2) is 30.8 Å². The van der Waals surface area contributed by atoms with Crippen molar-refractivity contribution in [3.05, 3.63) is 59.7 Å². The van der Waals surface area contributed by atoms with Crippen LogP contribution in [0.1, 0.15) is 27.6 Å². The molecule has 25 heavy (non-hydrogen) atoms. The molecule has 2 aromatic carbocycles. The van der Waals surface area contributed by atoms with Crippen molar-refractivity contribution >= 4 is 29.1 Å². The smallest absolute Gasteiger partial charge is 0.251 e. The van der Waals surface area contributed by atoms with Gasteiger partial charge in [-0.25, -0.2) is 0 Å². The lowest BCUT2D eigenvalue weighted by molar-refractivity contribution is -0.114. The second-order valence-electron chi connectivity index (χ2n) is 5.28. The van der Waals surface area contributed by atoms with E-state index in [1.165, 1.54) is 0 Å². The quantitative estimate of drug-likeness (QED) is 0.613. The highest BCUT2D eigenvalue weighted by molar-refractivity contribution is 5.98. The summed E-state index contributed by atoms with van der Waals surface area (Å²) in [5.74, 6) is -0.949. The molecule has 3 amide bonds. The summed E-state index contributed by atoms with van der Waals surface area (Å²) >= 11 is 0. The molecule has 5 N–H and O–H groups in total. The Morgan fingerprint density at radius 3 is 2.32 bits per heavy atom. The van der Waals surface area contributed by atoms with Crippen molar-refractivity contribution in [2.24, 2.45) is 5.73 Å². The molecule has 0 spiro atoms. The maximum atomic E-state index is 12.0. The Bertz CT molecular complexity index is 772. The minimum absolute atomic E-state index is 0.0430. The zero-order valence-corrected chi connectivity index (χ0v) is 13.8. The third kappa shape index (κ3) is 5.35. The maximum Gasteiger partial charge on any atom is 0.251 e. The molecule has 0 saturated carbocycles. The van der Waals surface area contributed by atoms with Crippen LogP contribution in [0.15, 0.2) is 48.5 Å². The summed E-state index contributed by atoms with van der Waals surface area (Å²) in [6.07, 6.45) is 0. The molecule has 0 atom stereocenters. The zero-order chi connectivity index (χ0) is 18.2. The van der Waals surface area contributed by atoms with Crippen molar-refractivity contribution in [2.45, 2.75) is 6.92 Å². The van der Waals surface area contributed by atoms with Gasteiger partial charge in [0.05, 0.1) is 6.54 Å². The standard InChI is InChI=1S/C18H20N4O3/c1-2-20-18(25)13-4-3-5-15(10-13)22-16(23)11-21-14-8-6-12(7-9-14)17(19)24/h3-10,21H,2,11H2,1H3,(H2,19,24)(H,20,25)(H,22,23). The molecule has 0 bridgehead atoms. The fourth-order valence-corrected chi connectivity index (χ4v) is 2.14. The van der Waals surface area contributed by atoms with Crippen molar-refractivity contribution in [2.75, 3.05) is 23.7 Å². The van der Waals surface area contributed by atoms with Crippen LogP contribution in [0, 0.1) is 0 Å². The van der Waals surface area contributed by atoms with Gasteiger partial charge >= 0.3 is 0 Å². The molecule has 0 heterocycles. The highest BCUT2D eigenvalue weighted by Crippen LogP contribution is 2.12. The molecule has 0 unspecified atom stereocenters. The molecular formula is C18H20N4O3. The van der Waals surface area contributed by atoms with Crippen molar-refractivity contribution in [3.63, 3.8) is 0 Å². The summed E-state index contributed by atoms with van der Waals surface area (Å²) in [4.78, 5) is 34.8. The highest BCUT2D eigenvalue weighted by Gasteiger charge is 2.07. The van der Waals surface area contributed by atoms with Gasteiger partial charge in [0.1, 0.15) is 0 Å². The first-order valence-corrected chi connectivity index (χ1v) is 7.81. The van der Waals surface area contributed by atoms with E-state index in [1.807, 2.05) is 6.92 Å². The van der Waals surface area contributed by atoms with Crippen LogP contribution in [0.3, 0.4) is 0 Å². The Morgan fingerprint density at radius 2 is 1.68 bits per heavy atom. The van der Waals surface area contributed by atoms with E-state index < -0.39 is 5.91 Å². The van der Waals surface area contributed by atoms with E-state index in [9.17, 15) is 14.4 Å². The lowest BCUT2D eigenvalue weighted by Crippen LogP contribution is -2.24. The van der Waals surface area contributed by atoms with Gasteiger partial charge in [-0.3, -0.25) is 14.4 Å². The van der Waals surface area contributed by atoms with Gasteiger partial charge in [-0.1, -0.05) is 6.07 Å². The Morgan fingerprint density at radius 1 is 0.960 bits per heavy atom. The van der Waals surface area contributed by atoms with E-state index in [1.54, 1.807) is 48.5 Å². The molecule has 130 valence electrons. The predicted octanol–water partition coefficient (Wildman–Crippen LogP) is 1.59. The van der Waals surface area contributed by atoms with Crippen molar-refractivity contribution in [3.8, 4) is 0 Å². The number of hydrogen-bond acceptors (Lipinski definition) is 4. The number of carbonyl (C=O) groups excluding carboxylic acids is 3. The third-order valence-corrected chi connectivity index (χ3v) is 3.37. The molecule has 2 aromatic rings. The van der Waals surface area contributed by atoms with Crippen LogP contribution in [0.5, 0.6) is 0 Å². The molecule has 7 heteroatoms.